The van der Waals surface area contributed by atoms with Crippen molar-refractivity contribution in [1.29, 1.82) is 0 Å². The van der Waals surface area contributed by atoms with Crippen molar-refractivity contribution in [2.24, 2.45) is 0 Å². The van der Waals surface area contributed by atoms with Crippen LogP contribution in [0.3, 0.4) is 0 Å². The third-order valence-electron chi connectivity index (χ3n) is 5.13. The van der Waals surface area contributed by atoms with Crippen LogP contribution in [-0.4, -0.2) is 22.8 Å². The molecular formula is C23H28ClNO2S. The Morgan fingerprint density at radius 2 is 1.64 bits per heavy atom. The van der Waals surface area contributed by atoms with E-state index in [2.05, 4.69) is 17.4 Å². The van der Waals surface area contributed by atoms with Gasteiger partial charge in [-0.1, -0.05) is 60.7 Å². The maximum Gasteiger partial charge on any atom is 0.130 e. The van der Waals surface area contributed by atoms with Crippen LogP contribution in [0.1, 0.15) is 36.1 Å². The number of thiophene rings is 1. The molecule has 1 aromatic heterocycles. The third kappa shape index (κ3) is 5.90. The third-order valence-corrected chi connectivity index (χ3v) is 5.82. The van der Waals surface area contributed by atoms with E-state index in [9.17, 15) is 10.2 Å². The minimum atomic E-state index is -0.894. The fourth-order valence-corrected chi connectivity index (χ4v) is 4.21. The number of hydrogen-bond acceptors (Lipinski definition) is 3. The highest BCUT2D eigenvalue weighted by Crippen LogP contribution is 2.30. The molecule has 3 atom stereocenters. The van der Waals surface area contributed by atoms with E-state index in [1.165, 1.54) is 0 Å². The minimum Gasteiger partial charge on any atom is -1.00 e. The highest BCUT2D eigenvalue weighted by atomic mass is 35.5. The Balaban J connectivity index is 0.00000280. The minimum absolute atomic E-state index is 0. The van der Waals surface area contributed by atoms with E-state index in [-0.39, 0.29) is 18.4 Å². The first kappa shape index (κ1) is 22.6. The summed E-state index contributed by atoms with van der Waals surface area (Å²) in [5.74, 6) is 0. The van der Waals surface area contributed by atoms with Crippen LogP contribution in [-0.2, 0) is 12.0 Å². The number of aliphatic hydroxyl groups excluding tert-OH is 1. The van der Waals surface area contributed by atoms with Crippen LogP contribution < -0.4 is 17.7 Å². The average molecular weight is 418 g/mol. The van der Waals surface area contributed by atoms with E-state index >= 15 is 0 Å². The standard InChI is InChI=1S/C23H27NO2S.ClH/c1-18(22(25)20-10-6-3-7-11-20)24-14-13-23(26,21-12-15-27-17-21)16-19-8-4-2-5-9-19;/h2-12,15,17-18,22,24-26H,13-14,16H2,1H3;1H. The van der Waals surface area contributed by atoms with E-state index in [0.717, 1.165) is 23.2 Å². The largest absolute Gasteiger partial charge is 1.00 e. The van der Waals surface area contributed by atoms with Gasteiger partial charge in [-0.2, -0.15) is 11.3 Å². The van der Waals surface area contributed by atoms with Gasteiger partial charge in [0.15, 0.2) is 0 Å². The predicted molar refractivity (Wildman–Crippen MR) is 111 cm³/mol. The average Bonchev–Trinajstić information content (AvgIpc) is 3.24. The first-order valence-electron chi connectivity index (χ1n) is 9.44. The molecule has 0 saturated carbocycles. The Bertz CT molecular complexity index is 798. The first-order chi connectivity index (χ1) is 13.1. The summed E-state index contributed by atoms with van der Waals surface area (Å²) < 4.78 is 0. The second kappa shape index (κ2) is 10.7. The number of benzene rings is 2. The molecule has 3 nitrogen and oxygen atoms in total. The van der Waals surface area contributed by atoms with Crippen LogP contribution in [0.15, 0.2) is 77.5 Å². The van der Waals surface area contributed by atoms with Gasteiger partial charge in [0.1, 0.15) is 12.1 Å². The van der Waals surface area contributed by atoms with Crippen molar-refractivity contribution in [3.8, 4) is 0 Å². The molecule has 5 heteroatoms. The van der Waals surface area contributed by atoms with Crippen molar-refractivity contribution < 1.29 is 27.9 Å². The Morgan fingerprint density at radius 1 is 1.00 bits per heavy atom. The second-order valence-electron chi connectivity index (χ2n) is 7.19. The molecule has 0 radical (unpaired) electrons. The fourth-order valence-electron chi connectivity index (χ4n) is 3.47. The van der Waals surface area contributed by atoms with Crippen molar-refractivity contribution in [3.63, 3.8) is 0 Å². The molecule has 0 aliphatic rings. The zero-order chi connectivity index (χ0) is 19.1. The first-order valence-corrected chi connectivity index (χ1v) is 10.4. The number of quaternary nitrogens is 1. The summed E-state index contributed by atoms with van der Waals surface area (Å²) in [7, 11) is 0. The van der Waals surface area contributed by atoms with Crippen molar-refractivity contribution in [1.82, 2.24) is 0 Å². The molecule has 150 valence electrons. The zero-order valence-electron chi connectivity index (χ0n) is 16.0. The van der Waals surface area contributed by atoms with E-state index in [4.69, 9.17) is 0 Å². The van der Waals surface area contributed by atoms with Crippen LogP contribution >= 0.6 is 11.3 Å². The van der Waals surface area contributed by atoms with Gasteiger partial charge in [-0.05, 0) is 40.4 Å². The molecule has 3 aromatic rings. The van der Waals surface area contributed by atoms with Crippen molar-refractivity contribution in [3.05, 3.63) is 94.2 Å². The van der Waals surface area contributed by atoms with Gasteiger partial charge in [0.05, 0.1) is 12.1 Å². The molecule has 0 aliphatic heterocycles. The number of rotatable bonds is 9. The predicted octanol–water partition coefficient (Wildman–Crippen LogP) is 0.258. The van der Waals surface area contributed by atoms with Gasteiger partial charge in [-0.15, -0.1) is 0 Å². The number of aliphatic hydroxyl groups is 2. The molecule has 28 heavy (non-hydrogen) atoms. The van der Waals surface area contributed by atoms with Crippen LogP contribution in [0.4, 0.5) is 0 Å². The molecule has 4 N–H and O–H groups in total. The maximum absolute atomic E-state index is 11.4. The lowest BCUT2D eigenvalue weighted by Gasteiger charge is -2.28. The van der Waals surface area contributed by atoms with Gasteiger partial charge in [0.2, 0.25) is 0 Å². The summed E-state index contributed by atoms with van der Waals surface area (Å²) in [5.41, 5.74) is 2.14. The van der Waals surface area contributed by atoms with E-state index < -0.39 is 11.7 Å². The van der Waals surface area contributed by atoms with Gasteiger partial charge in [-0.25, -0.2) is 0 Å². The summed E-state index contributed by atoms with van der Waals surface area (Å²) in [4.78, 5) is 0. The molecule has 1 heterocycles. The summed E-state index contributed by atoms with van der Waals surface area (Å²) in [6.45, 7) is 2.77. The maximum atomic E-state index is 11.4. The Kier molecular flexibility index (Phi) is 8.67. The number of halogens is 1. The van der Waals surface area contributed by atoms with Crippen molar-refractivity contribution in [2.75, 3.05) is 6.54 Å². The van der Waals surface area contributed by atoms with E-state index in [1.807, 2.05) is 72.3 Å². The molecule has 0 spiro atoms. The van der Waals surface area contributed by atoms with Crippen LogP contribution in [0, 0.1) is 0 Å². The highest BCUT2D eigenvalue weighted by molar-refractivity contribution is 7.08. The van der Waals surface area contributed by atoms with Crippen LogP contribution in [0.5, 0.6) is 0 Å². The Morgan fingerprint density at radius 3 is 2.25 bits per heavy atom. The molecule has 0 fully saturated rings. The SMILES string of the molecule is CC([NH2+]CCC(O)(Cc1ccccc1)c1ccsc1)C(O)c1ccccc1.[Cl-]. The van der Waals surface area contributed by atoms with Crippen LogP contribution in [0.2, 0.25) is 0 Å². The van der Waals surface area contributed by atoms with E-state index in [1.54, 1.807) is 11.3 Å². The Labute approximate surface area is 177 Å². The normalized spacial score (nSPS) is 15.2. The van der Waals surface area contributed by atoms with Gasteiger partial charge in [0.25, 0.3) is 0 Å². The van der Waals surface area contributed by atoms with E-state index in [0.29, 0.717) is 12.8 Å². The molecule has 3 unspecified atom stereocenters. The quantitative estimate of drug-likeness (QED) is 0.467. The molecule has 0 bridgehead atoms. The summed E-state index contributed by atoms with van der Waals surface area (Å²) in [6, 6.07) is 21.9. The molecule has 3 rings (SSSR count). The summed E-state index contributed by atoms with van der Waals surface area (Å²) in [6.07, 6.45) is 0.702. The van der Waals surface area contributed by atoms with Gasteiger partial charge in [0, 0.05) is 12.8 Å². The second-order valence-corrected chi connectivity index (χ2v) is 7.98. The fraction of sp³-hybridized carbons (Fsp3) is 0.304. The van der Waals surface area contributed by atoms with Crippen molar-refractivity contribution in [2.45, 2.75) is 37.5 Å². The summed E-state index contributed by atoms with van der Waals surface area (Å²) >= 11 is 1.61. The van der Waals surface area contributed by atoms with Gasteiger partial charge in [-0.3, -0.25) is 0 Å². The van der Waals surface area contributed by atoms with Crippen molar-refractivity contribution >= 4 is 11.3 Å². The monoisotopic (exact) mass is 417 g/mol. The molecule has 0 amide bonds. The lowest BCUT2D eigenvalue weighted by molar-refractivity contribution is -0.696. The molecule has 2 aromatic carbocycles. The van der Waals surface area contributed by atoms with Crippen LogP contribution in [0.25, 0.3) is 0 Å². The topological polar surface area (TPSA) is 57.1 Å². The number of hydrogen-bond donors (Lipinski definition) is 3. The lowest BCUT2D eigenvalue weighted by atomic mass is 9.86. The van der Waals surface area contributed by atoms with Gasteiger partial charge >= 0.3 is 0 Å². The molecule has 0 saturated heterocycles. The highest BCUT2D eigenvalue weighted by Gasteiger charge is 2.31. The Hall–Kier alpha value is -1.69. The summed E-state index contributed by atoms with van der Waals surface area (Å²) in [5, 5.41) is 28.1. The lowest BCUT2D eigenvalue weighted by Crippen LogP contribution is -3.00. The zero-order valence-corrected chi connectivity index (χ0v) is 17.6. The molecular weight excluding hydrogens is 390 g/mol. The number of nitrogens with two attached hydrogens (primary N) is 1. The molecule has 0 aliphatic carbocycles. The smallest absolute Gasteiger partial charge is 0.130 e. The van der Waals surface area contributed by atoms with Gasteiger partial charge < -0.3 is 27.9 Å².